The van der Waals surface area contributed by atoms with Gasteiger partial charge in [-0.25, -0.2) is 0 Å². The second kappa shape index (κ2) is 8.50. The molecule has 2 aromatic rings. The van der Waals surface area contributed by atoms with Gasteiger partial charge >= 0.3 is 0 Å². The highest BCUT2D eigenvalue weighted by atomic mass is 35.5. The lowest BCUT2D eigenvalue weighted by Gasteiger charge is -2.34. The fourth-order valence-corrected chi connectivity index (χ4v) is 3.39. The third kappa shape index (κ3) is 5.32. The maximum atomic E-state index is 12.5. The molecule has 0 radical (unpaired) electrons. The SMILES string of the molecule is Cc1cccc(CC(=O)N2CCN(CCc3ccc(Cl)cc3)CC2)c1. The molecule has 25 heavy (non-hydrogen) atoms. The van der Waals surface area contributed by atoms with E-state index in [1.54, 1.807) is 0 Å². The number of carbonyl (C=O) groups excluding carboxylic acids is 1. The molecular weight excluding hydrogens is 332 g/mol. The second-order valence-electron chi connectivity index (χ2n) is 6.76. The van der Waals surface area contributed by atoms with Crippen molar-refractivity contribution < 1.29 is 4.79 Å². The summed E-state index contributed by atoms with van der Waals surface area (Å²) in [6.07, 6.45) is 1.53. The quantitative estimate of drug-likeness (QED) is 0.817. The van der Waals surface area contributed by atoms with Gasteiger partial charge in [-0.05, 0) is 36.6 Å². The van der Waals surface area contributed by atoms with Crippen LogP contribution in [0.15, 0.2) is 48.5 Å². The van der Waals surface area contributed by atoms with Gasteiger partial charge in [0.05, 0.1) is 6.42 Å². The second-order valence-corrected chi connectivity index (χ2v) is 7.20. The van der Waals surface area contributed by atoms with E-state index in [-0.39, 0.29) is 5.91 Å². The topological polar surface area (TPSA) is 23.6 Å². The summed E-state index contributed by atoms with van der Waals surface area (Å²) in [4.78, 5) is 16.9. The molecule has 0 aromatic heterocycles. The Morgan fingerprint density at radius 2 is 1.72 bits per heavy atom. The fraction of sp³-hybridized carbons (Fsp3) is 0.381. The summed E-state index contributed by atoms with van der Waals surface area (Å²) in [5.41, 5.74) is 3.62. The van der Waals surface area contributed by atoms with Crippen LogP contribution in [0.5, 0.6) is 0 Å². The van der Waals surface area contributed by atoms with Gasteiger partial charge in [-0.2, -0.15) is 0 Å². The predicted molar refractivity (Wildman–Crippen MR) is 103 cm³/mol. The van der Waals surface area contributed by atoms with E-state index in [0.29, 0.717) is 6.42 Å². The smallest absolute Gasteiger partial charge is 0.227 e. The van der Waals surface area contributed by atoms with Crippen LogP contribution in [-0.2, 0) is 17.6 Å². The number of hydrogen-bond donors (Lipinski definition) is 0. The van der Waals surface area contributed by atoms with Crippen molar-refractivity contribution >= 4 is 17.5 Å². The molecule has 0 spiro atoms. The van der Waals surface area contributed by atoms with Gasteiger partial charge in [0, 0.05) is 37.7 Å². The van der Waals surface area contributed by atoms with Crippen molar-refractivity contribution in [2.24, 2.45) is 0 Å². The van der Waals surface area contributed by atoms with Gasteiger partial charge in [-0.1, -0.05) is 53.6 Å². The predicted octanol–water partition coefficient (Wildman–Crippen LogP) is 3.58. The lowest BCUT2D eigenvalue weighted by molar-refractivity contribution is -0.132. The van der Waals surface area contributed by atoms with Crippen LogP contribution in [0.2, 0.25) is 5.02 Å². The van der Waals surface area contributed by atoms with E-state index in [2.05, 4.69) is 36.1 Å². The first-order chi connectivity index (χ1) is 12.1. The number of aryl methyl sites for hydroxylation is 1. The lowest BCUT2D eigenvalue weighted by atomic mass is 10.1. The minimum Gasteiger partial charge on any atom is -0.340 e. The Morgan fingerprint density at radius 1 is 1.00 bits per heavy atom. The van der Waals surface area contributed by atoms with Crippen molar-refractivity contribution in [3.63, 3.8) is 0 Å². The number of carbonyl (C=O) groups is 1. The minimum absolute atomic E-state index is 0.239. The van der Waals surface area contributed by atoms with Gasteiger partial charge in [0.15, 0.2) is 0 Å². The largest absolute Gasteiger partial charge is 0.340 e. The first-order valence-electron chi connectivity index (χ1n) is 8.90. The molecule has 1 amide bonds. The Morgan fingerprint density at radius 3 is 2.40 bits per heavy atom. The maximum Gasteiger partial charge on any atom is 0.227 e. The highest BCUT2D eigenvalue weighted by molar-refractivity contribution is 6.30. The number of hydrogen-bond acceptors (Lipinski definition) is 2. The Balaban J connectivity index is 1.43. The van der Waals surface area contributed by atoms with Crippen LogP contribution >= 0.6 is 11.6 Å². The average Bonchev–Trinajstić information content (AvgIpc) is 2.62. The van der Waals surface area contributed by atoms with E-state index in [1.165, 1.54) is 11.1 Å². The number of piperazine rings is 1. The standard InChI is InChI=1S/C21H25ClN2O/c1-17-3-2-4-19(15-17)16-21(25)24-13-11-23(12-14-24)10-9-18-5-7-20(22)8-6-18/h2-8,15H,9-14,16H2,1H3. The Bertz CT molecular complexity index is 706. The van der Waals surface area contributed by atoms with Crippen molar-refractivity contribution in [3.05, 3.63) is 70.2 Å². The molecule has 1 aliphatic heterocycles. The Hall–Kier alpha value is -1.84. The van der Waals surface area contributed by atoms with Crippen LogP contribution in [0.4, 0.5) is 0 Å². The van der Waals surface area contributed by atoms with E-state index < -0.39 is 0 Å². The molecule has 0 unspecified atom stereocenters. The summed E-state index contributed by atoms with van der Waals surface area (Å²) in [6.45, 7) is 6.64. The Kier molecular flexibility index (Phi) is 6.11. The summed E-state index contributed by atoms with van der Waals surface area (Å²) >= 11 is 5.92. The monoisotopic (exact) mass is 356 g/mol. The zero-order valence-electron chi connectivity index (χ0n) is 14.7. The van der Waals surface area contributed by atoms with Gasteiger partial charge < -0.3 is 4.90 Å². The van der Waals surface area contributed by atoms with E-state index in [0.717, 1.165) is 49.7 Å². The van der Waals surface area contributed by atoms with Gasteiger partial charge in [-0.15, -0.1) is 0 Å². The zero-order valence-corrected chi connectivity index (χ0v) is 15.5. The fourth-order valence-electron chi connectivity index (χ4n) is 3.27. The molecule has 4 heteroatoms. The first-order valence-corrected chi connectivity index (χ1v) is 9.28. The van der Waals surface area contributed by atoms with Crippen molar-refractivity contribution in [2.75, 3.05) is 32.7 Å². The molecule has 1 heterocycles. The number of rotatable bonds is 5. The summed E-state index contributed by atoms with van der Waals surface area (Å²) in [5, 5.41) is 0.782. The van der Waals surface area contributed by atoms with Crippen LogP contribution in [0.3, 0.4) is 0 Å². The van der Waals surface area contributed by atoms with Crippen molar-refractivity contribution in [2.45, 2.75) is 19.8 Å². The molecule has 0 saturated carbocycles. The molecule has 2 aromatic carbocycles. The molecule has 1 fully saturated rings. The average molecular weight is 357 g/mol. The summed E-state index contributed by atoms with van der Waals surface area (Å²) in [6, 6.07) is 16.3. The minimum atomic E-state index is 0.239. The van der Waals surface area contributed by atoms with E-state index in [1.807, 2.05) is 29.2 Å². The molecule has 0 aliphatic carbocycles. The van der Waals surface area contributed by atoms with Gasteiger partial charge in [0.2, 0.25) is 5.91 Å². The van der Waals surface area contributed by atoms with Gasteiger partial charge in [0.25, 0.3) is 0 Å². The van der Waals surface area contributed by atoms with Crippen molar-refractivity contribution in [1.82, 2.24) is 9.80 Å². The normalized spacial score (nSPS) is 15.4. The molecule has 1 saturated heterocycles. The molecule has 3 nitrogen and oxygen atoms in total. The summed E-state index contributed by atoms with van der Waals surface area (Å²) < 4.78 is 0. The Labute approximate surface area is 155 Å². The van der Waals surface area contributed by atoms with Crippen LogP contribution < -0.4 is 0 Å². The van der Waals surface area contributed by atoms with E-state index in [4.69, 9.17) is 11.6 Å². The molecule has 0 atom stereocenters. The number of halogens is 1. The molecule has 0 bridgehead atoms. The molecule has 1 aliphatic rings. The first kappa shape index (κ1) is 18.0. The molecule has 0 N–H and O–H groups in total. The summed E-state index contributed by atoms with van der Waals surface area (Å²) in [7, 11) is 0. The number of nitrogens with zero attached hydrogens (tertiary/aromatic N) is 2. The number of benzene rings is 2. The van der Waals surface area contributed by atoms with Crippen LogP contribution in [0.25, 0.3) is 0 Å². The highest BCUT2D eigenvalue weighted by Gasteiger charge is 2.20. The highest BCUT2D eigenvalue weighted by Crippen LogP contribution is 2.12. The molecule has 3 rings (SSSR count). The van der Waals surface area contributed by atoms with Crippen LogP contribution in [0.1, 0.15) is 16.7 Å². The molecule has 132 valence electrons. The van der Waals surface area contributed by atoms with E-state index >= 15 is 0 Å². The lowest BCUT2D eigenvalue weighted by Crippen LogP contribution is -2.49. The summed E-state index contributed by atoms with van der Waals surface area (Å²) in [5.74, 6) is 0.239. The third-order valence-corrected chi connectivity index (χ3v) is 5.04. The number of amides is 1. The van der Waals surface area contributed by atoms with Crippen LogP contribution in [0, 0.1) is 6.92 Å². The van der Waals surface area contributed by atoms with E-state index in [9.17, 15) is 4.79 Å². The maximum absolute atomic E-state index is 12.5. The van der Waals surface area contributed by atoms with Crippen molar-refractivity contribution in [1.29, 1.82) is 0 Å². The zero-order chi connectivity index (χ0) is 17.6. The van der Waals surface area contributed by atoms with Gasteiger partial charge in [-0.3, -0.25) is 9.69 Å². The van der Waals surface area contributed by atoms with Gasteiger partial charge in [0.1, 0.15) is 0 Å². The molecular formula is C21H25ClN2O. The van der Waals surface area contributed by atoms with Crippen molar-refractivity contribution in [3.8, 4) is 0 Å². The third-order valence-electron chi connectivity index (χ3n) is 4.79. The van der Waals surface area contributed by atoms with Crippen LogP contribution in [-0.4, -0.2) is 48.4 Å².